The Hall–Kier alpha value is -2.49. The highest BCUT2D eigenvalue weighted by atomic mass is 16.8. The van der Waals surface area contributed by atoms with Crippen molar-refractivity contribution in [3.8, 4) is 6.07 Å². The first-order chi connectivity index (χ1) is 8.74. The zero-order valence-electron chi connectivity index (χ0n) is 9.26. The number of hydrogen-bond donors (Lipinski definition) is 1. The lowest BCUT2D eigenvalue weighted by Crippen LogP contribution is -2.14. The van der Waals surface area contributed by atoms with Crippen LogP contribution < -0.4 is 5.23 Å². The Balaban J connectivity index is 2.50. The van der Waals surface area contributed by atoms with Crippen molar-refractivity contribution >= 4 is 5.69 Å². The van der Waals surface area contributed by atoms with Gasteiger partial charge in [0.1, 0.15) is 5.92 Å². The molecule has 0 aromatic carbocycles. The molecule has 90 valence electrons. The summed E-state index contributed by atoms with van der Waals surface area (Å²) in [7, 11) is 0. The lowest BCUT2D eigenvalue weighted by Gasteiger charge is -2.24. The third-order valence-electron chi connectivity index (χ3n) is 2.41. The van der Waals surface area contributed by atoms with Gasteiger partial charge in [0.15, 0.2) is 0 Å². The molecular formula is C12H9N4O2-. The van der Waals surface area contributed by atoms with Crippen molar-refractivity contribution in [1.82, 2.24) is 9.97 Å². The van der Waals surface area contributed by atoms with Crippen molar-refractivity contribution in [3.63, 3.8) is 0 Å². The van der Waals surface area contributed by atoms with E-state index in [1.54, 1.807) is 24.4 Å². The lowest BCUT2D eigenvalue weighted by atomic mass is 10.0. The quantitative estimate of drug-likeness (QED) is 0.823. The molecule has 0 aliphatic carbocycles. The topological polar surface area (TPSA) is 96.1 Å². The van der Waals surface area contributed by atoms with Gasteiger partial charge in [0.25, 0.3) is 0 Å². The van der Waals surface area contributed by atoms with E-state index < -0.39 is 5.92 Å². The number of pyridine rings is 2. The SMILES string of the molecule is N#C[C@H](c1ccccn1)c1ncccc1N([O-])O. The fourth-order valence-corrected chi connectivity index (χ4v) is 1.61. The molecule has 0 saturated carbocycles. The molecule has 2 rings (SSSR count). The Morgan fingerprint density at radius 3 is 2.61 bits per heavy atom. The molecule has 2 aromatic rings. The Morgan fingerprint density at radius 2 is 2.00 bits per heavy atom. The number of aromatic nitrogens is 2. The van der Waals surface area contributed by atoms with E-state index in [0.717, 1.165) is 0 Å². The molecule has 0 aliphatic heterocycles. The van der Waals surface area contributed by atoms with E-state index >= 15 is 0 Å². The summed E-state index contributed by atoms with van der Waals surface area (Å²) in [6.45, 7) is 0. The van der Waals surface area contributed by atoms with Crippen LogP contribution in [0.4, 0.5) is 5.69 Å². The number of rotatable bonds is 3. The van der Waals surface area contributed by atoms with Gasteiger partial charge in [-0.25, -0.2) is 0 Å². The second-order valence-electron chi connectivity index (χ2n) is 3.50. The number of nitrogens with zero attached hydrogens (tertiary/aromatic N) is 4. The minimum absolute atomic E-state index is 0.0605. The predicted molar refractivity (Wildman–Crippen MR) is 63.6 cm³/mol. The smallest absolute Gasteiger partial charge is 0.132 e. The summed E-state index contributed by atoms with van der Waals surface area (Å²) in [5.74, 6) is -0.800. The van der Waals surface area contributed by atoms with Gasteiger partial charge < -0.3 is 10.4 Å². The molecule has 0 saturated heterocycles. The van der Waals surface area contributed by atoms with Crippen LogP contribution in [0.25, 0.3) is 0 Å². The largest absolute Gasteiger partial charge is 0.733 e. The Morgan fingerprint density at radius 1 is 1.22 bits per heavy atom. The zero-order valence-corrected chi connectivity index (χ0v) is 9.26. The lowest BCUT2D eigenvalue weighted by molar-refractivity contribution is 0.295. The summed E-state index contributed by atoms with van der Waals surface area (Å²) in [5.41, 5.74) is 0.590. The van der Waals surface area contributed by atoms with Crippen LogP contribution in [0.3, 0.4) is 0 Å². The zero-order chi connectivity index (χ0) is 13.0. The van der Waals surface area contributed by atoms with Crippen LogP contribution in [-0.4, -0.2) is 15.2 Å². The summed E-state index contributed by atoms with van der Waals surface area (Å²) >= 11 is 0. The molecule has 6 nitrogen and oxygen atoms in total. The fourth-order valence-electron chi connectivity index (χ4n) is 1.61. The number of hydrogen-bond acceptors (Lipinski definition) is 6. The van der Waals surface area contributed by atoms with Crippen LogP contribution in [0.2, 0.25) is 0 Å². The number of anilines is 1. The van der Waals surface area contributed by atoms with Crippen molar-refractivity contribution in [2.24, 2.45) is 0 Å². The first-order valence-electron chi connectivity index (χ1n) is 5.15. The van der Waals surface area contributed by atoms with Crippen molar-refractivity contribution in [3.05, 3.63) is 59.3 Å². The van der Waals surface area contributed by atoms with Crippen molar-refractivity contribution in [2.75, 3.05) is 5.23 Å². The van der Waals surface area contributed by atoms with Crippen molar-refractivity contribution < 1.29 is 5.21 Å². The van der Waals surface area contributed by atoms with E-state index in [1.165, 1.54) is 18.3 Å². The molecule has 0 radical (unpaired) electrons. The second kappa shape index (κ2) is 5.23. The highest BCUT2D eigenvalue weighted by Crippen LogP contribution is 2.28. The van der Waals surface area contributed by atoms with Crippen LogP contribution in [0.5, 0.6) is 0 Å². The first-order valence-corrected chi connectivity index (χ1v) is 5.15. The molecule has 1 atom stereocenters. The molecule has 0 fully saturated rings. The maximum Gasteiger partial charge on any atom is 0.132 e. The highest BCUT2D eigenvalue weighted by Gasteiger charge is 2.19. The van der Waals surface area contributed by atoms with Crippen molar-refractivity contribution in [2.45, 2.75) is 5.92 Å². The molecule has 0 spiro atoms. The average Bonchev–Trinajstić information content (AvgIpc) is 2.41. The van der Waals surface area contributed by atoms with Crippen LogP contribution in [-0.2, 0) is 0 Å². The van der Waals surface area contributed by atoms with Crippen molar-refractivity contribution in [1.29, 1.82) is 5.26 Å². The fraction of sp³-hybridized carbons (Fsp3) is 0.0833. The number of nitriles is 1. The standard InChI is InChI=1S/C12H9N4O2/c13-8-9(10-4-1-2-6-14-10)12-11(16(17)18)5-3-7-15-12/h1-7,9,17H/q-1/t9-/m1/s1. The average molecular weight is 241 g/mol. The molecule has 0 amide bonds. The highest BCUT2D eigenvalue weighted by molar-refractivity contribution is 5.53. The predicted octanol–water partition coefficient (Wildman–Crippen LogP) is 1.83. The maximum absolute atomic E-state index is 11.0. The van der Waals surface area contributed by atoms with Crippen LogP contribution in [0.1, 0.15) is 17.3 Å². The minimum Gasteiger partial charge on any atom is -0.733 e. The molecule has 18 heavy (non-hydrogen) atoms. The van der Waals surface area contributed by atoms with E-state index in [-0.39, 0.29) is 16.6 Å². The van der Waals surface area contributed by atoms with E-state index in [4.69, 9.17) is 5.21 Å². The van der Waals surface area contributed by atoms with Crippen LogP contribution >= 0.6 is 0 Å². The molecular weight excluding hydrogens is 232 g/mol. The third-order valence-corrected chi connectivity index (χ3v) is 2.41. The Labute approximate surface area is 103 Å². The van der Waals surface area contributed by atoms with E-state index in [1.807, 2.05) is 6.07 Å². The Kier molecular flexibility index (Phi) is 3.48. The minimum atomic E-state index is -0.800. The molecule has 0 bridgehead atoms. The van der Waals surface area contributed by atoms with Gasteiger partial charge >= 0.3 is 0 Å². The van der Waals surface area contributed by atoms with Gasteiger partial charge in [0.05, 0.1) is 23.1 Å². The molecule has 0 unspecified atom stereocenters. The summed E-state index contributed by atoms with van der Waals surface area (Å²) < 4.78 is 0. The van der Waals surface area contributed by atoms with Crippen LogP contribution in [0, 0.1) is 16.5 Å². The van der Waals surface area contributed by atoms with Crippen LogP contribution in [0.15, 0.2) is 42.7 Å². The summed E-state index contributed by atoms with van der Waals surface area (Å²) in [5, 5.41) is 28.9. The Bertz CT molecular complexity index is 566. The summed E-state index contributed by atoms with van der Waals surface area (Å²) in [6, 6.07) is 10.1. The summed E-state index contributed by atoms with van der Waals surface area (Å²) in [4.78, 5) is 8.05. The second-order valence-corrected chi connectivity index (χ2v) is 3.50. The maximum atomic E-state index is 11.0. The van der Waals surface area contributed by atoms with Gasteiger partial charge in [0.2, 0.25) is 0 Å². The van der Waals surface area contributed by atoms with E-state index in [0.29, 0.717) is 5.69 Å². The monoisotopic (exact) mass is 241 g/mol. The van der Waals surface area contributed by atoms with Gasteiger partial charge in [-0.2, -0.15) is 5.26 Å². The van der Waals surface area contributed by atoms with Gasteiger partial charge in [-0.3, -0.25) is 15.2 Å². The molecule has 2 heterocycles. The first kappa shape index (κ1) is 12.0. The normalized spacial score (nSPS) is 11.6. The molecule has 2 aromatic heterocycles. The van der Waals surface area contributed by atoms with E-state index in [2.05, 4.69) is 9.97 Å². The van der Waals surface area contributed by atoms with Gasteiger partial charge in [0, 0.05) is 12.4 Å². The van der Waals surface area contributed by atoms with Gasteiger partial charge in [-0.1, -0.05) is 6.07 Å². The molecule has 6 heteroatoms. The molecule has 0 aliphatic rings. The van der Waals surface area contributed by atoms with Gasteiger partial charge in [-0.05, 0) is 24.3 Å². The third kappa shape index (κ3) is 2.27. The van der Waals surface area contributed by atoms with E-state index in [9.17, 15) is 10.5 Å². The summed E-state index contributed by atoms with van der Waals surface area (Å²) in [6.07, 6.45) is 3.01. The molecule has 1 N–H and O–H groups in total. The van der Waals surface area contributed by atoms with Gasteiger partial charge in [-0.15, -0.1) is 0 Å².